The van der Waals surface area contributed by atoms with E-state index in [-0.39, 0.29) is 24.0 Å². The first-order valence-corrected chi connectivity index (χ1v) is 8.10. The predicted octanol–water partition coefficient (Wildman–Crippen LogP) is 1.78. The average Bonchev–Trinajstić information content (AvgIpc) is 2.38. The third kappa shape index (κ3) is 6.56. The van der Waals surface area contributed by atoms with Crippen molar-refractivity contribution in [1.82, 2.24) is 10.6 Å². The van der Waals surface area contributed by atoms with E-state index in [1.165, 1.54) is 6.26 Å². The Bertz CT molecular complexity index is 527. The molecule has 0 aliphatic heterocycles. The van der Waals surface area contributed by atoms with Crippen LogP contribution in [-0.2, 0) is 16.4 Å². The largest absolute Gasteiger partial charge is 0.356 e. The van der Waals surface area contributed by atoms with Crippen LogP contribution in [0.15, 0.2) is 34.2 Å². The Hall–Kier alpha value is -0.830. The van der Waals surface area contributed by atoms with Gasteiger partial charge in [-0.3, -0.25) is 4.99 Å². The zero-order valence-corrected chi connectivity index (χ0v) is 15.2. The molecule has 0 unspecified atom stereocenters. The second kappa shape index (κ2) is 9.17. The van der Waals surface area contributed by atoms with Crippen LogP contribution in [0.3, 0.4) is 0 Å². The van der Waals surface area contributed by atoms with E-state index in [0.29, 0.717) is 11.4 Å². The molecule has 1 aromatic rings. The molecule has 0 radical (unpaired) electrons. The molecule has 0 aliphatic carbocycles. The number of hydrogen-bond donors (Lipinski definition) is 2. The molecule has 0 saturated carbocycles. The van der Waals surface area contributed by atoms with Crippen LogP contribution in [0.2, 0.25) is 0 Å². The van der Waals surface area contributed by atoms with Gasteiger partial charge in [-0.05, 0) is 24.1 Å². The van der Waals surface area contributed by atoms with Crippen LogP contribution in [0.4, 0.5) is 0 Å². The number of nitrogens with one attached hydrogen (secondary N) is 2. The first-order valence-electron chi connectivity index (χ1n) is 6.21. The molecule has 0 aromatic heterocycles. The minimum Gasteiger partial charge on any atom is -0.356 e. The SMILES string of the molecule is CCCNC(=NC)NCc1ccc(S(C)(=O)=O)cc1.I. The topological polar surface area (TPSA) is 70.6 Å². The van der Waals surface area contributed by atoms with E-state index in [9.17, 15) is 8.42 Å². The van der Waals surface area contributed by atoms with Gasteiger partial charge in [0.15, 0.2) is 15.8 Å². The summed E-state index contributed by atoms with van der Waals surface area (Å²) < 4.78 is 22.7. The van der Waals surface area contributed by atoms with Crippen LogP contribution in [0, 0.1) is 0 Å². The van der Waals surface area contributed by atoms with E-state index < -0.39 is 9.84 Å². The van der Waals surface area contributed by atoms with Crippen LogP contribution >= 0.6 is 24.0 Å². The van der Waals surface area contributed by atoms with Crippen LogP contribution in [0.5, 0.6) is 0 Å². The molecule has 0 bridgehead atoms. The van der Waals surface area contributed by atoms with Gasteiger partial charge in [0.25, 0.3) is 0 Å². The lowest BCUT2D eigenvalue weighted by Crippen LogP contribution is -2.37. The summed E-state index contributed by atoms with van der Waals surface area (Å²) in [7, 11) is -1.40. The summed E-state index contributed by atoms with van der Waals surface area (Å²) in [6.07, 6.45) is 2.24. The Morgan fingerprint density at radius 2 is 1.80 bits per heavy atom. The van der Waals surface area contributed by atoms with Gasteiger partial charge >= 0.3 is 0 Å². The predicted molar refractivity (Wildman–Crippen MR) is 93.5 cm³/mol. The van der Waals surface area contributed by atoms with Crippen LogP contribution < -0.4 is 10.6 Å². The quantitative estimate of drug-likeness (QED) is 0.440. The number of halogens is 1. The Morgan fingerprint density at radius 3 is 2.25 bits per heavy atom. The van der Waals surface area contributed by atoms with Crippen LogP contribution in [-0.4, -0.2) is 34.2 Å². The summed E-state index contributed by atoms with van der Waals surface area (Å²) in [5.74, 6) is 0.744. The number of sulfone groups is 1. The van der Waals surface area contributed by atoms with Gasteiger partial charge in [-0.25, -0.2) is 8.42 Å². The highest BCUT2D eigenvalue weighted by Crippen LogP contribution is 2.09. The van der Waals surface area contributed by atoms with Gasteiger partial charge in [-0.15, -0.1) is 24.0 Å². The lowest BCUT2D eigenvalue weighted by atomic mass is 10.2. The van der Waals surface area contributed by atoms with Crippen molar-refractivity contribution in [3.63, 3.8) is 0 Å². The first kappa shape index (κ1) is 19.2. The summed E-state index contributed by atoms with van der Waals surface area (Å²) in [6.45, 7) is 3.56. The molecular weight excluding hydrogens is 389 g/mol. The number of benzene rings is 1. The molecule has 0 saturated heterocycles. The fourth-order valence-corrected chi connectivity index (χ4v) is 2.13. The smallest absolute Gasteiger partial charge is 0.191 e. The van der Waals surface area contributed by atoms with Crippen molar-refractivity contribution in [3.8, 4) is 0 Å². The fraction of sp³-hybridized carbons (Fsp3) is 0.462. The van der Waals surface area contributed by atoms with Crippen molar-refractivity contribution in [1.29, 1.82) is 0 Å². The molecule has 1 rings (SSSR count). The molecule has 0 aliphatic rings. The molecule has 2 N–H and O–H groups in total. The normalized spacial score (nSPS) is 11.7. The summed E-state index contributed by atoms with van der Waals surface area (Å²) in [4.78, 5) is 4.43. The minimum atomic E-state index is -3.12. The maximum Gasteiger partial charge on any atom is 0.191 e. The second-order valence-electron chi connectivity index (χ2n) is 4.27. The Labute approximate surface area is 138 Å². The van der Waals surface area contributed by atoms with Crippen molar-refractivity contribution >= 4 is 39.8 Å². The highest BCUT2D eigenvalue weighted by atomic mass is 127. The van der Waals surface area contributed by atoms with Crippen molar-refractivity contribution in [2.45, 2.75) is 24.8 Å². The third-order valence-corrected chi connectivity index (χ3v) is 3.71. The van der Waals surface area contributed by atoms with E-state index in [1.807, 2.05) is 0 Å². The zero-order chi connectivity index (χ0) is 14.3. The molecule has 114 valence electrons. The molecule has 0 fully saturated rings. The average molecular weight is 411 g/mol. The van der Waals surface area contributed by atoms with E-state index in [0.717, 1.165) is 24.5 Å². The van der Waals surface area contributed by atoms with E-state index >= 15 is 0 Å². The molecular formula is C13H22IN3O2S. The van der Waals surface area contributed by atoms with Gasteiger partial charge in [0.05, 0.1) is 4.90 Å². The third-order valence-electron chi connectivity index (χ3n) is 2.58. The Morgan fingerprint density at radius 1 is 1.20 bits per heavy atom. The maximum absolute atomic E-state index is 11.3. The Kier molecular flexibility index (Phi) is 8.79. The molecule has 0 spiro atoms. The zero-order valence-electron chi connectivity index (χ0n) is 12.0. The number of nitrogens with zero attached hydrogens (tertiary/aromatic N) is 1. The number of aliphatic imine (C=N–C) groups is 1. The first-order chi connectivity index (χ1) is 8.97. The number of hydrogen-bond acceptors (Lipinski definition) is 3. The van der Waals surface area contributed by atoms with E-state index in [2.05, 4.69) is 22.5 Å². The highest BCUT2D eigenvalue weighted by Gasteiger charge is 2.06. The summed E-state index contributed by atoms with van der Waals surface area (Å²) >= 11 is 0. The molecule has 0 atom stereocenters. The molecule has 0 heterocycles. The summed E-state index contributed by atoms with van der Waals surface area (Å²) in [6, 6.07) is 6.84. The highest BCUT2D eigenvalue weighted by molar-refractivity contribution is 14.0. The standard InChI is InChI=1S/C13H21N3O2S.HI/c1-4-9-15-13(14-2)16-10-11-5-7-12(8-6-11)19(3,17)18;/h5-8H,4,9-10H2,1-3H3,(H2,14,15,16);1H. The lowest BCUT2D eigenvalue weighted by Gasteiger charge is -2.11. The molecule has 7 heteroatoms. The van der Waals surface area contributed by atoms with Gasteiger partial charge in [-0.1, -0.05) is 19.1 Å². The van der Waals surface area contributed by atoms with E-state index in [4.69, 9.17) is 0 Å². The van der Waals surface area contributed by atoms with Crippen molar-refractivity contribution < 1.29 is 8.42 Å². The van der Waals surface area contributed by atoms with E-state index in [1.54, 1.807) is 31.3 Å². The van der Waals surface area contributed by atoms with Crippen molar-refractivity contribution in [2.24, 2.45) is 4.99 Å². The number of rotatable bonds is 5. The monoisotopic (exact) mass is 411 g/mol. The van der Waals surface area contributed by atoms with Gasteiger partial charge in [0.1, 0.15) is 0 Å². The fourth-order valence-electron chi connectivity index (χ4n) is 1.50. The van der Waals surface area contributed by atoms with Crippen LogP contribution in [0.1, 0.15) is 18.9 Å². The summed E-state index contributed by atoms with van der Waals surface area (Å²) in [5.41, 5.74) is 1.01. The molecule has 5 nitrogen and oxygen atoms in total. The van der Waals surface area contributed by atoms with Gasteiger partial charge in [-0.2, -0.15) is 0 Å². The van der Waals surface area contributed by atoms with Crippen LogP contribution in [0.25, 0.3) is 0 Å². The second-order valence-corrected chi connectivity index (χ2v) is 6.28. The molecule has 0 amide bonds. The van der Waals surface area contributed by atoms with Gasteiger partial charge < -0.3 is 10.6 Å². The summed E-state index contributed by atoms with van der Waals surface area (Å²) in [5, 5.41) is 6.34. The van der Waals surface area contributed by atoms with Crippen molar-refractivity contribution in [2.75, 3.05) is 19.8 Å². The van der Waals surface area contributed by atoms with Crippen molar-refractivity contribution in [3.05, 3.63) is 29.8 Å². The maximum atomic E-state index is 11.3. The minimum absolute atomic E-state index is 0. The molecule has 1 aromatic carbocycles. The lowest BCUT2D eigenvalue weighted by molar-refractivity contribution is 0.602. The van der Waals surface area contributed by atoms with Gasteiger partial charge in [0, 0.05) is 26.4 Å². The van der Waals surface area contributed by atoms with Gasteiger partial charge in [0.2, 0.25) is 0 Å². The number of guanidine groups is 1. The molecule has 20 heavy (non-hydrogen) atoms. The Balaban J connectivity index is 0.00000361.